The van der Waals surface area contributed by atoms with Crippen LogP contribution >= 0.6 is 0 Å². The molecule has 0 aliphatic carbocycles. The third-order valence-electron chi connectivity index (χ3n) is 4.43. The Kier molecular flexibility index (Phi) is 5.98. The number of likely N-dealkylation sites (tertiary alicyclic amines) is 1. The molecule has 1 aromatic carbocycles. The van der Waals surface area contributed by atoms with Gasteiger partial charge in [0.2, 0.25) is 15.9 Å². The van der Waals surface area contributed by atoms with Crippen LogP contribution in [-0.2, 0) is 14.8 Å². The summed E-state index contributed by atoms with van der Waals surface area (Å²) in [6.07, 6.45) is 5.78. The van der Waals surface area contributed by atoms with Crippen molar-refractivity contribution in [3.05, 3.63) is 54.5 Å². The minimum Gasteiger partial charge on any atom is -0.497 e. The van der Waals surface area contributed by atoms with Gasteiger partial charge in [-0.25, -0.2) is 13.1 Å². The van der Waals surface area contributed by atoms with Crippen LogP contribution in [0.15, 0.2) is 58.1 Å². The van der Waals surface area contributed by atoms with Gasteiger partial charge in [0, 0.05) is 25.2 Å². The number of benzene rings is 1. The van der Waals surface area contributed by atoms with Crippen molar-refractivity contribution in [2.45, 2.75) is 23.8 Å². The van der Waals surface area contributed by atoms with Gasteiger partial charge in [-0.05, 0) is 55.3 Å². The van der Waals surface area contributed by atoms with Gasteiger partial charge < -0.3 is 14.1 Å². The molecule has 7 nitrogen and oxygen atoms in total. The van der Waals surface area contributed by atoms with E-state index in [0.29, 0.717) is 37.4 Å². The average Bonchev–Trinajstić information content (AvgIpc) is 3.20. The molecule has 1 aromatic heterocycles. The second-order valence-electron chi connectivity index (χ2n) is 6.25. The first-order chi connectivity index (χ1) is 13.0. The van der Waals surface area contributed by atoms with E-state index in [1.807, 2.05) is 0 Å². The van der Waals surface area contributed by atoms with Crippen molar-refractivity contribution in [3.63, 3.8) is 0 Å². The largest absolute Gasteiger partial charge is 0.497 e. The monoisotopic (exact) mass is 390 g/mol. The van der Waals surface area contributed by atoms with Gasteiger partial charge in [0.1, 0.15) is 11.5 Å². The van der Waals surface area contributed by atoms with E-state index >= 15 is 0 Å². The lowest BCUT2D eigenvalue weighted by Crippen LogP contribution is -2.46. The van der Waals surface area contributed by atoms with Crippen LogP contribution in [0.2, 0.25) is 0 Å². The molecule has 144 valence electrons. The van der Waals surface area contributed by atoms with E-state index in [0.717, 1.165) is 0 Å². The van der Waals surface area contributed by atoms with E-state index < -0.39 is 10.0 Å². The second-order valence-corrected chi connectivity index (χ2v) is 7.96. The van der Waals surface area contributed by atoms with E-state index in [1.54, 1.807) is 41.5 Å². The Balaban J connectivity index is 1.53. The number of piperidine rings is 1. The summed E-state index contributed by atoms with van der Waals surface area (Å²) in [7, 11) is -2.07. The molecule has 1 aliphatic heterocycles. The molecule has 0 spiro atoms. The van der Waals surface area contributed by atoms with Crippen LogP contribution in [0.1, 0.15) is 18.6 Å². The molecule has 0 unspecified atom stereocenters. The number of methoxy groups -OCH3 is 1. The molecule has 2 heterocycles. The van der Waals surface area contributed by atoms with Gasteiger partial charge in [-0.2, -0.15) is 0 Å². The molecule has 1 N–H and O–H groups in total. The number of amides is 1. The Labute approximate surface area is 158 Å². The molecule has 0 radical (unpaired) electrons. The molecule has 0 atom stereocenters. The molecule has 0 saturated carbocycles. The molecule has 1 aliphatic rings. The zero-order valence-corrected chi connectivity index (χ0v) is 15.8. The molecule has 3 rings (SSSR count). The highest BCUT2D eigenvalue weighted by Crippen LogP contribution is 2.18. The van der Waals surface area contributed by atoms with E-state index in [2.05, 4.69) is 4.72 Å². The first kappa shape index (κ1) is 19.2. The zero-order valence-electron chi connectivity index (χ0n) is 15.0. The number of nitrogens with zero attached hydrogens (tertiary/aromatic N) is 1. The number of carbonyl (C=O) groups excluding carboxylic acids is 1. The van der Waals surface area contributed by atoms with Crippen molar-refractivity contribution in [2.75, 3.05) is 20.2 Å². The number of sulfonamides is 1. The summed E-state index contributed by atoms with van der Waals surface area (Å²) in [4.78, 5) is 14.1. The lowest BCUT2D eigenvalue weighted by molar-refractivity contribution is -0.126. The first-order valence-electron chi connectivity index (χ1n) is 8.65. The van der Waals surface area contributed by atoms with E-state index in [1.165, 1.54) is 25.3 Å². The Morgan fingerprint density at radius 3 is 2.52 bits per heavy atom. The highest BCUT2D eigenvalue weighted by molar-refractivity contribution is 7.89. The predicted octanol–water partition coefficient (Wildman–Crippen LogP) is 2.27. The summed E-state index contributed by atoms with van der Waals surface area (Å²) >= 11 is 0. The summed E-state index contributed by atoms with van der Waals surface area (Å²) in [5.41, 5.74) is 0. The minimum atomic E-state index is -3.60. The summed E-state index contributed by atoms with van der Waals surface area (Å²) in [6, 6.07) is 9.57. The zero-order chi connectivity index (χ0) is 19.3. The summed E-state index contributed by atoms with van der Waals surface area (Å²) in [5.74, 6) is 1.11. The predicted molar refractivity (Wildman–Crippen MR) is 101 cm³/mol. The Bertz CT molecular complexity index is 881. The van der Waals surface area contributed by atoms with E-state index in [4.69, 9.17) is 9.15 Å². The molecular weight excluding hydrogens is 368 g/mol. The number of hydrogen-bond donors (Lipinski definition) is 1. The highest BCUT2D eigenvalue weighted by Gasteiger charge is 2.26. The van der Waals surface area contributed by atoms with Crippen LogP contribution in [0.3, 0.4) is 0 Å². The summed E-state index contributed by atoms with van der Waals surface area (Å²) in [6.45, 7) is 0.994. The average molecular weight is 390 g/mol. The Hall–Kier alpha value is -2.58. The standard InChI is InChI=1S/C19H22N2O5S/c1-25-16-4-7-18(8-5-16)27(23,24)20-15-10-12-21(13-11-15)19(22)9-6-17-3-2-14-26-17/h2-9,14-15,20H,10-13H2,1H3. The Morgan fingerprint density at radius 2 is 1.93 bits per heavy atom. The van der Waals surface area contributed by atoms with Crippen LogP contribution in [-0.4, -0.2) is 45.5 Å². The molecule has 1 saturated heterocycles. The van der Waals surface area contributed by atoms with Gasteiger partial charge in [0.25, 0.3) is 0 Å². The van der Waals surface area contributed by atoms with Gasteiger partial charge in [-0.15, -0.1) is 0 Å². The second kappa shape index (κ2) is 8.41. The molecular formula is C19H22N2O5S. The van der Waals surface area contributed by atoms with Crippen LogP contribution in [0.5, 0.6) is 5.75 Å². The van der Waals surface area contributed by atoms with Gasteiger partial charge >= 0.3 is 0 Å². The van der Waals surface area contributed by atoms with Crippen molar-refractivity contribution in [1.82, 2.24) is 9.62 Å². The number of rotatable bonds is 6. The van der Waals surface area contributed by atoms with Gasteiger partial charge in [-0.1, -0.05) is 0 Å². The van der Waals surface area contributed by atoms with E-state index in [-0.39, 0.29) is 16.8 Å². The third kappa shape index (κ3) is 4.99. The fraction of sp³-hybridized carbons (Fsp3) is 0.316. The van der Waals surface area contributed by atoms with Gasteiger partial charge in [0.15, 0.2) is 0 Å². The van der Waals surface area contributed by atoms with Crippen molar-refractivity contribution in [1.29, 1.82) is 0 Å². The smallest absolute Gasteiger partial charge is 0.246 e. The van der Waals surface area contributed by atoms with Crippen molar-refractivity contribution >= 4 is 22.0 Å². The molecule has 8 heteroatoms. The van der Waals surface area contributed by atoms with Crippen molar-refractivity contribution < 1.29 is 22.4 Å². The molecule has 2 aromatic rings. The van der Waals surface area contributed by atoms with Crippen LogP contribution in [0.25, 0.3) is 6.08 Å². The van der Waals surface area contributed by atoms with Crippen molar-refractivity contribution in [3.8, 4) is 5.75 Å². The molecule has 1 fully saturated rings. The maximum Gasteiger partial charge on any atom is 0.246 e. The maximum atomic E-state index is 12.5. The van der Waals surface area contributed by atoms with Crippen molar-refractivity contribution in [2.24, 2.45) is 0 Å². The minimum absolute atomic E-state index is 0.108. The third-order valence-corrected chi connectivity index (χ3v) is 5.97. The summed E-state index contributed by atoms with van der Waals surface area (Å²) < 4.78 is 37.9. The van der Waals surface area contributed by atoms with E-state index in [9.17, 15) is 13.2 Å². The number of nitrogens with one attached hydrogen (secondary N) is 1. The van der Waals surface area contributed by atoms with Gasteiger partial charge in [0.05, 0.1) is 18.3 Å². The number of ether oxygens (including phenoxy) is 1. The fourth-order valence-corrected chi connectivity index (χ4v) is 4.21. The first-order valence-corrected chi connectivity index (χ1v) is 10.1. The van der Waals surface area contributed by atoms with Gasteiger partial charge in [-0.3, -0.25) is 4.79 Å². The Morgan fingerprint density at radius 1 is 1.22 bits per heavy atom. The fourth-order valence-electron chi connectivity index (χ4n) is 2.90. The maximum absolute atomic E-state index is 12.5. The normalized spacial score (nSPS) is 16.0. The topological polar surface area (TPSA) is 88.9 Å². The quantitative estimate of drug-likeness (QED) is 0.765. The summed E-state index contributed by atoms with van der Waals surface area (Å²) in [5, 5.41) is 0. The lowest BCUT2D eigenvalue weighted by atomic mass is 10.1. The van der Waals surface area contributed by atoms with Crippen LogP contribution in [0, 0.1) is 0 Å². The molecule has 0 bridgehead atoms. The van der Waals surface area contributed by atoms with Crippen LogP contribution in [0.4, 0.5) is 0 Å². The number of hydrogen-bond acceptors (Lipinski definition) is 5. The molecule has 27 heavy (non-hydrogen) atoms. The molecule has 1 amide bonds. The SMILES string of the molecule is COc1ccc(S(=O)(=O)NC2CCN(C(=O)C=Cc3ccco3)CC2)cc1. The number of furan rings is 1. The highest BCUT2D eigenvalue weighted by atomic mass is 32.2. The lowest BCUT2D eigenvalue weighted by Gasteiger charge is -2.31. The van der Waals surface area contributed by atoms with Crippen LogP contribution < -0.4 is 9.46 Å². The number of carbonyl (C=O) groups is 1.